The van der Waals surface area contributed by atoms with Gasteiger partial charge in [0.15, 0.2) is 0 Å². The number of hydrogen-bond acceptors (Lipinski definition) is 4. The van der Waals surface area contributed by atoms with Gasteiger partial charge in [0, 0.05) is 12.6 Å². The minimum Gasteiger partial charge on any atom is -0.496 e. The van der Waals surface area contributed by atoms with Gasteiger partial charge < -0.3 is 20.5 Å². The van der Waals surface area contributed by atoms with E-state index in [4.69, 9.17) is 15.2 Å². The Morgan fingerprint density at radius 3 is 2.28 bits per heavy atom. The monoisotopic (exact) mass is 252 g/mol. The van der Waals surface area contributed by atoms with Crippen LogP contribution in [-0.4, -0.2) is 32.7 Å². The van der Waals surface area contributed by atoms with E-state index in [-0.39, 0.29) is 11.9 Å². The molecule has 0 bridgehead atoms. The fourth-order valence-corrected chi connectivity index (χ4v) is 1.66. The predicted molar refractivity (Wildman–Crippen MR) is 70.1 cm³/mol. The molecule has 1 aromatic carbocycles. The molecule has 100 valence electrons. The van der Waals surface area contributed by atoms with Gasteiger partial charge in [-0.3, -0.25) is 4.79 Å². The number of nitrogens with two attached hydrogens (primary N) is 1. The highest BCUT2D eigenvalue weighted by molar-refractivity contribution is 5.99. The van der Waals surface area contributed by atoms with Crippen LogP contribution in [0.5, 0.6) is 11.5 Å². The molecular weight excluding hydrogens is 232 g/mol. The average molecular weight is 252 g/mol. The molecule has 0 aliphatic carbocycles. The van der Waals surface area contributed by atoms with Crippen LogP contribution in [0, 0.1) is 0 Å². The summed E-state index contributed by atoms with van der Waals surface area (Å²) < 4.78 is 10.4. The van der Waals surface area contributed by atoms with Crippen molar-refractivity contribution < 1.29 is 14.3 Å². The number of rotatable bonds is 6. The van der Waals surface area contributed by atoms with Crippen LogP contribution >= 0.6 is 0 Å². The van der Waals surface area contributed by atoms with Crippen molar-refractivity contribution in [1.29, 1.82) is 0 Å². The normalized spacial score (nSPS) is 11.8. The summed E-state index contributed by atoms with van der Waals surface area (Å²) in [7, 11) is 3.04. The smallest absolute Gasteiger partial charge is 0.259 e. The molecule has 1 amide bonds. The number of benzene rings is 1. The molecule has 1 unspecified atom stereocenters. The molecule has 0 aliphatic heterocycles. The fraction of sp³-hybridized carbons (Fsp3) is 0.462. The summed E-state index contributed by atoms with van der Waals surface area (Å²) in [5.74, 6) is 0.735. The summed E-state index contributed by atoms with van der Waals surface area (Å²) in [5, 5.41) is 2.86. The maximum Gasteiger partial charge on any atom is 0.259 e. The van der Waals surface area contributed by atoms with E-state index in [0.29, 0.717) is 23.6 Å². The van der Waals surface area contributed by atoms with Crippen LogP contribution in [0.1, 0.15) is 23.7 Å². The quantitative estimate of drug-likeness (QED) is 0.797. The van der Waals surface area contributed by atoms with Gasteiger partial charge >= 0.3 is 0 Å². The SMILES string of the molecule is CCC(CN)NC(=O)c1c(OC)cccc1OC. The molecule has 5 nitrogen and oxygen atoms in total. The second kappa shape index (κ2) is 6.86. The third kappa shape index (κ3) is 3.13. The van der Waals surface area contributed by atoms with Crippen LogP contribution in [0.25, 0.3) is 0 Å². The first kappa shape index (κ1) is 14.3. The molecule has 1 rings (SSSR count). The number of carbonyl (C=O) groups excluding carboxylic acids is 1. The molecule has 0 radical (unpaired) electrons. The van der Waals surface area contributed by atoms with E-state index in [2.05, 4.69) is 5.32 Å². The molecule has 0 saturated carbocycles. The number of amides is 1. The number of ether oxygens (including phenoxy) is 2. The molecule has 0 spiro atoms. The highest BCUT2D eigenvalue weighted by Crippen LogP contribution is 2.28. The molecule has 3 N–H and O–H groups in total. The second-order valence-corrected chi connectivity index (χ2v) is 3.85. The Kier molecular flexibility index (Phi) is 5.45. The van der Waals surface area contributed by atoms with E-state index >= 15 is 0 Å². The lowest BCUT2D eigenvalue weighted by Gasteiger charge is -2.17. The highest BCUT2D eigenvalue weighted by atomic mass is 16.5. The van der Waals surface area contributed by atoms with E-state index < -0.39 is 0 Å². The summed E-state index contributed by atoms with van der Waals surface area (Å²) in [6.45, 7) is 2.37. The van der Waals surface area contributed by atoms with E-state index in [1.807, 2.05) is 6.92 Å². The Bertz CT molecular complexity index is 381. The van der Waals surface area contributed by atoms with Crippen LogP contribution in [0.2, 0.25) is 0 Å². The van der Waals surface area contributed by atoms with Crippen molar-refractivity contribution in [2.45, 2.75) is 19.4 Å². The van der Waals surface area contributed by atoms with Crippen molar-refractivity contribution in [3.63, 3.8) is 0 Å². The Labute approximate surface area is 107 Å². The standard InChI is InChI=1S/C13H20N2O3/c1-4-9(8-14)15-13(16)12-10(17-2)6-5-7-11(12)18-3/h5-7,9H,4,8,14H2,1-3H3,(H,15,16). The van der Waals surface area contributed by atoms with Crippen LogP contribution in [-0.2, 0) is 0 Å². The largest absolute Gasteiger partial charge is 0.496 e. The maximum absolute atomic E-state index is 12.2. The van der Waals surface area contributed by atoms with Gasteiger partial charge in [-0.1, -0.05) is 13.0 Å². The second-order valence-electron chi connectivity index (χ2n) is 3.85. The number of nitrogens with one attached hydrogen (secondary N) is 1. The van der Waals surface area contributed by atoms with E-state index in [9.17, 15) is 4.79 Å². The van der Waals surface area contributed by atoms with E-state index in [1.165, 1.54) is 14.2 Å². The number of hydrogen-bond donors (Lipinski definition) is 2. The van der Waals surface area contributed by atoms with Gasteiger partial charge in [-0.15, -0.1) is 0 Å². The summed E-state index contributed by atoms with van der Waals surface area (Å²) >= 11 is 0. The first-order valence-corrected chi connectivity index (χ1v) is 5.89. The predicted octanol–water partition coefficient (Wildman–Crippen LogP) is 1.17. The van der Waals surface area contributed by atoms with Crippen molar-refractivity contribution in [3.8, 4) is 11.5 Å². The third-order valence-electron chi connectivity index (χ3n) is 2.77. The molecule has 1 atom stereocenters. The van der Waals surface area contributed by atoms with Crippen LogP contribution in [0.15, 0.2) is 18.2 Å². The van der Waals surface area contributed by atoms with Gasteiger partial charge in [-0.2, -0.15) is 0 Å². The molecule has 18 heavy (non-hydrogen) atoms. The minimum atomic E-state index is -0.235. The Balaban J connectivity index is 3.03. The van der Waals surface area contributed by atoms with Crippen molar-refractivity contribution in [2.24, 2.45) is 5.73 Å². The van der Waals surface area contributed by atoms with Gasteiger partial charge in [-0.25, -0.2) is 0 Å². The number of carbonyl (C=O) groups is 1. The highest BCUT2D eigenvalue weighted by Gasteiger charge is 2.19. The van der Waals surface area contributed by atoms with Gasteiger partial charge in [0.1, 0.15) is 17.1 Å². The van der Waals surface area contributed by atoms with Crippen molar-refractivity contribution >= 4 is 5.91 Å². The minimum absolute atomic E-state index is 0.0490. The molecule has 0 aliphatic rings. The van der Waals surface area contributed by atoms with Crippen molar-refractivity contribution in [1.82, 2.24) is 5.32 Å². The lowest BCUT2D eigenvalue weighted by Crippen LogP contribution is -2.39. The lowest BCUT2D eigenvalue weighted by molar-refractivity contribution is 0.0931. The molecule has 0 fully saturated rings. The summed E-state index contributed by atoms with van der Waals surface area (Å²) in [4.78, 5) is 12.2. The molecule has 5 heteroatoms. The Hall–Kier alpha value is -1.75. The summed E-state index contributed by atoms with van der Waals surface area (Å²) in [6.07, 6.45) is 0.777. The topological polar surface area (TPSA) is 73.6 Å². The van der Waals surface area contributed by atoms with Crippen LogP contribution < -0.4 is 20.5 Å². The molecule has 0 heterocycles. The molecule has 0 aromatic heterocycles. The molecule has 1 aromatic rings. The lowest BCUT2D eigenvalue weighted by atomic mass is 10.1. The fourth-order valence-electron chi connectivity index (χ4n) is 1.66. The van der Waals surface area contributed by atoms with Crippen LogP contribution in [0.3, 0.4) is 0 Å². The van der Waals surface area contributed by atoms with Crippen molar-refractivity contribution in [2.75, 3.05) is 20.8 Å². The Morgan fingerprint density at radius 2 is 1.89 bits per heavy atom. The molecular formula is C13H20N2O3. The van der Waals surface area contributed by atoms with Gasteiger partial charge in [0.25, 0.3) is 5.91 Å². The van der Waals surface area contributed by atoms with Gasteiger partial charge in [0.05, 0.1) is 14.2 Å². The zero-order chi connectivity index (χ0) is 13.5. The molecule has 0 saturated heterocycles. The summed E-state index contributed by atoms with van der Waals surface area (Å²) in [5.41, 5.74) is 5.97. The zero-order valence-corrected chi connectivity index (χ0v) is 11.0. The third-order valence-corrected chi connectivity index (χ3v) is 2.77. The zero-order valence-electron chi connectivity index (χ0n) is 11.0. The summed E-state index contributed by atoms with van der Waals surface area (Å²) in [6, 6.07) is 5.17. The first-order valence-electron chi connectivity index (χ1n) is 5.89. The van der Waals surface area contributed by atoms with E-state index in [1.54, 1.807) is 18.2 Å². The maximum atomic E-state index is 12.2. The van der Waals surface area contributed by atoms with Crippen LogP contribution in [0.4, 0.5) is 0 Å². The number of methoxy groups -OCH3 is 2. The average Bonchev–Trinajstić information content (AvgIpc) is 2.43. The van der Waals surface area contributed by atoms with Crippen molar-refractivity contribution in [3.05, 3.63) is 23.8 Å². The van der Waals surface area contributed by atoms with E-state index in [0.717, 1.165) is 6.42 Å². The van der Waals surface area contributed by atoms with Gasteiger partial charge in [-0.05, 0) is 18.6 Å². The Morgan fingerprint density at radius 1 is 1.33 bits per heavy atom. The van der Waals surface area contributed by atoms with Gasteiger partial charge in [0.2, 0.25) is 0 Å². The first-order chi connectivity index (χ1) is 8.67.